The standard InChI is InChI=1S/C14H22OS/c1-11(2)13-5-3-4-7-14(13,15)9-12-6-8-16-10-12/h6,8,10-11,13,15H,3-5,7,9H2,1-2H3. The lowest BCUT2D eigenvalue weighted by Crippen LogP contribution is -2.45. The maximum atomic E-state index is 10.9. The molecule has 2 rings (SSSR count). The van der Waals surface area contributed by atoms with Crippen LogP contribution < -0.4 is 0 Å². The highest BCUT2D eigenvalue weighted by molar-refractivity contribution is 7.07. The number of hydrogen-bond donors (Lipinski definition) is 1. The van der Waals surface area contributed by atoms with Gasteiger partial charge in [-0.1, -0.05) is 26.7 Å². The van der Waals surface area contributed by atoms with Crippen molar-refractivity contribution in [2.24, 2.45) is 11.8 Å². The van der Waals surface area contributed by atoms with Gasteiger partial charge in [0.1, 0.15) is 0 Å². The first kappa shape index (κ1) is 12.1. The molecule has 1 aromatic rings. The van der Waals surface area contributed by atoms with Gasteiger partial charge >= 0.3 is 0 Å². The monoisotopic (exact) mass is 238 g/mol. The Morgan fingerprint density at radius 1 is 1.50 bits per heavy atom. The molecule has 0 amide bonds. The van der Waals surface area contributed by atoms with Crippen molar-refractivity contribution >= 4 is 11.3 Å². The summed E-state index contributed by atoms with van der Waals surface area (Å²) in [5, 5.41) is 15.2. The van der Waals surface area contributed by atoms with Gasteiger partial charge in [0.15, 0.2) is 0 Å². The zero-order chi connectivity index (χ0) is 11.6. The lowest BCUT2D eigenvalue weighted by Gasteiger charge is -2.42. The summed E-state index contributed by atoms with van der Waals surface area (Å²) in [6, 6.07) is 2.15. The van der Waals surface area contributed by atoms with E-state index in [1.165, 1.54) is 24.8 Å². The minimum atomic E-state index is -0.451. The van der Waals surface area contributed by atoms with Crippen LogP contribution in [0.4, 0.5) is 0 Å². The van der Waals surface area contributed by atoms with Gasteiger partial charge in [-0.05, 0) is 47.1 Å². The second-order valence-electron chi connectivity index (χ2n) is 5.51. The molecule has 1 N–H and O–H groups in total. The Hall–Kier alpha value is -0.340. The minimum absolute atomic E-state index is 0.451. The maximum Gasteiger partial charge on any atom is 0.0718 e. The first-order valence-electron chi connectivity index (χ1n) is 6.35. The zero-order valence-electron chi connectivity index (χ0n) is 10.3. The first-order chi connectivity index (χ1) is 7.62. The molecular weight excluding hydrogens is 216 g/mol. The Morgan fingerprint density at radius 2 is 2.31 bits per heavy atom. The molecule has 2 heteroatoms. The molecule has 0 aromatic carbocycles. The molecule has 1 nitrogen and oxygen atoms in total. The Balaban J connectivity index is 2.13. The fourth-order valence-corrected chi connectivity index (χ4v) is 3.84. The van der Waals surface area contributed by atoms with E-state index in [-0.39, 0.29) is 0 Å². The molecule has 1 aromatic heterocycles. The van der Waals surface area contributed by atoms with Crippen LogP contribution in [-0.4, -0.2) is 10.7 Å². The third-order valence-corrected chi connectivity index (χ3v) is 4.69. The second-order valence-corrected chi connectivity index (χ2v) is 6.29. The van der Waals surface area contributed by atoms with Crippen molar-refractivity contribution in [2.75, 3.05) is 0 Å². The van der Waals surface area contributed by atoms with Gasteiger partial charge in [0, 0.05) is 6.42 Å². The summed E-state index contributed by atoms with van der Waals surface area (Å²) in [6.07, 6.45) is 5.49. The second kappa shape index (κ2) is 4.89. The summed E-state index contributed by atoms with van der Waals surface area (Å²) < 4.78 is 0. The van der Waals surface area contributed by atoms with Crippen molar-refractivity contribution in [1.29, 1.82) is 0 Å². The predicted octanol–water partition coefficient (Wildman–Crippen LogP) is 3.87. The Kier molecular flexibility index (Phi) is 3.70. The fraction of sp³-hybridized carbons (Fsp3) is 0.714. The van der Waals surface area contributed by atoms with Crippen LogP contribution in [0.1, 0.15) is 45.1 Å². The molecule has 1 aliphatic rings. The van der Waals surface area contributed by atoms with Gasteiger partial charge in [-0.15, -0.1) is 0 Å². The first-order valence-corrected chi connectivity index (χ1v) is 7.29. The van der Waals surface area contributed by atoms with E-state index in [2.05, 4.69) is 30.7 Å². The van der Waals surface area contributed by atoms with Crippen LogP contribution in [0.3, 0.4) is 0 Å². The lowest BCUT2D eigenvalue weighted by atomic mass is 9.68. The van der Waals surface area contributed by atoms with E-state index < -0.39 is 5.60 Å². The number of rotatable bonds is 3. The normalized spacial score (nSPS) is 30.9. The van der Waals surface area contributed by atoms with Crippen LogP contribution in [0.25, 0.3) is 0 Å². The van der Waals surface area contributed by atoms with E-state index in [1.807, 2.05) is 0 Å². The van der Waals surface area contributed by atoms with Crippen LogP contribution in [0, 0.1) is 11.8 Å². The van der Waals surface area contributed by atoms with E-state index in [0.717, 1.165) is 12.8 Å². The van der Waals surface area contributed by atoms with Crippen molar-refractivity contribution in [3.8, 4) is 0 Å². The molecule has 1 fully saturated rings. The van der Waals surface area contributed by atoms with Crippen LogP contribution in [0.2, 0.25) is 0 Å². The average molecular weight is 238 g/mol. The molecule has 90 valence electrons. The Bertz CT molecular complexity index is 317. The third kappa shape index (κ3) is 2.49. The van der Waals surface area contributed by atoms with Crippen molar-refractivity contribution in [1.82, 2.24) is 0 Å². The van der Waals surface area contributed by atoms with E-state index in [4.69, 9.17) is 0 Å². The maximum absolute atomic E-state index is 10.9. The zero-order valence-corrected chi connectivity index (χ0v) is 11.1. The van der Waals surface area contributed by atoms with Gasteiger partial charge in [0.25, 0.3) is 0 Å². The van der Waals surface area contributed by atoms with E-state index >= 15 is 0 Å². The van der Waals surface area contributed by atoms with Gasteiger partial charge in [-0.2, -0.15) is 11.3 Å². The van der Waals surface area contributed by atoms with E-state index in [1.54, 1.807) is 11.3 Å². The molecule has 0 spiro atoms. The average Bonchev–Trinajstić information content (AvgIpc) is 2.69. The number of thiophene rings is 1. The highest BCUT2D eigenvalue weighted by Crippen LogP contribution is 2.40. The quantitative estimate of drug-likeness (QED) is 0.847. The van der Waals surface area contributed by atoms with E-state index in [9.17, 15) is 5.11 Å². The van der Waals surface area contributed by atoms with Crippen molar-refractivity contribution < 1.29 is 5.11 Å². The molecular formula is C14H22OS. The largest absolute Gasteiger partial charge is 0.389 e. The van der Waals surface area contributed by atoms with Crippen LogP contribution in [0.5, 0.6) is 0 Å². The summed E-state index contributed by atoms with van der Waals surface area (Å²) in [5.41, 5.74) is 0.855. The predicted molar refractivity (Wildman–Crippen MR) is 69.8 cm³/mol. The van der Waals surface area contributed by atoms with E-state index in [0.29, 0.717) is 11.8 Å². The van der Waals surface area contributed by atoms with Crippen LogP contribution in [-0.2, 0) is 6.42 Å². The molecule has 0 radical (unpaired) electrons. The van der Waals surface area contributed by atoms with Crippen LogP contribution in [0.15, 0.2) is 16.8 Å². The van der Waals surface area contributed by atoms with Gasteiger partial charge in [0.05, 0.1) is 5.60 Å². The molecule has 16 heavy (non-hydrogen) atoms. The van der Waals surface area contributed by atoms with Crippen LogP contribution >= 0.6 is 11.3 Å². The molecule has 0 aliphatic heterocycles. The third-order valence-electron chi connectivity index (χ3n) is 3.96. The summed E-state index contributed by atoms with van der Waals surface area (Å²) in [4.78, 5) is 0. The summed E-state index contributed by atoms with van der Waals surface area (Å²) in [6.45, 7) is 4.49. The molecule has 0 saturated heterocycles. The summed E-state index contributed by atoms with van der Waals surface area (Å²) in [5.74, 6) is 1.06. The molecule has 0 bridgehead atoms. The van der Waals surface area contributed by atoms with Crippen molar-refractivity contribution in [2.45, 2.75) is 51.6 Å². The molecule has 1 heterocycles. The Labute approximate surface area is 103 Å². The van der Waals surface area contributed by atoms with Gasteiger partial charge in [0.2, 0.25) is 0 Å². The van der Waals surface area contributed by atoms with Gasteiger partial charge < -0.3 is 5.11 Å². The fourth-order valence-electron chi connectivity index (χ4n) is 3.17. The SMILES string of the molecule is CC(C)C1CCCCC1(O)Cc1ccsc1. The molecule has 2 atom stereocenters. The molecule has 2 unspecified atom stereocenters. The highest BCUT2D eigenvalue weighted by Gasteiger charge is 2.40. The van der Waals surface area contributed by atoms with Gasteiger partial charge in [-0.25, -0.2) is 0 Å². The van der Waals surface area contributed by atoms with Crippen molar-refractivity contribution in [3.05, 3.63) is 22.4 Å². The van der Waals surface area contributed by atoms with Gasteiger partial charge in [-0.3, -0.25) is 0 Å². The summed E-state index contributed by atoms with van der Waals surface area (Å²) >= 11 is 1.73. The molecule has 1 saturated carbocycles. The lowest BCUT2D eigenvalue weighted by molar-refractivity contribution is -0.0652. The highest BCUT2D eigenvalue weighted by atomic mass is 32.1. The Morgan fingerprint density at radius 3 is 2.94 bits per heavy atom. The smallest absolute Gasteiger partial charge is 0.0718 e. The topological polar surface area (TPSA) is 20.2 Å². The minimum Gasteiger partial charge on any atom is -0.389 e. The number of hydrogen-bond acceptors (Lipinski definition) is 2. The molecule has 1 aliphatic carbocycles. The summed E-state index contributed by atoms with van der Waals surface area (Å²) in [7, 11) is 0. The van der Waals surface area contributed by atoms with Crippen molar-refractivity contribution in [3.63, 3.8) is 0 Å². The number of aliphatic hydroxyl groups is 1.